The molecule has 1 aromatic rings. The summed E-state index contributed by atoms with van der Waals surface area (Å²) in [4.78, 5) is 2.25. The van der Waals surface area contributed by atoms with E-state index in [4.69, 9.17) is 5.11 Å². The third-order valence-corrected chi connectivity index (χ3v) is 3.32. The minimum absolute atomic E-state index is 0.190. The van der Waals surface area contributed by atoms with Gasteiger partial charge in [-0.1, -0.05) is 19.1 Å². The van der Waals surface area contributed by atoms with Crippen LogP contribution in [0.3, 0.4) is 0 Å². The number of nitrogens with zero attached hydrogens (tertiary/aromatic N) is 1. The average Bonchev–Trinajstić information content (AvgIpc) is 3.19. The van der Waals surface area contributed by atoms with Crippen LogP contribution in [0.2, 0.25) is 0 Å². The fraction of sp³-hybridized carbons (Fsp3) is 0.571. The quantitative estimate of drug-likeness (QED) is 0.793. The first-order valence-electron chi connectivity index (χ1n) is 6.41. The van der Waals surface area contributed by atoms with Gasteiger partial charge in [-0.25, -0.2) is 0 Å². The molecule has 0 amide bonds. The zero-order valence-corrected chi connectivity index (χ0v) is 10.3. The van der Waals surface area contributed by atoms with E-state index in [1.54, 1.807) is 0 Å². The third-order valence-electron chi connectivity index (χ3n) is 3.32. The van der Waals surface area contributed by atoms with E-state index < -0.39 is 0 Å². The minimum Gasteiger partial charge on any atom is -0.395 e. The van der Waals surface area contributed by atoms with Crippen LogP contribution in [0.4, 0.5) is 5.69 Å². The van der Waals surface area contributed by atoms with Gasteiger partial charge in [0.05, 0.1) is 12.7 Å². The Morgan fingerprint density at radius 1 is 1.29 bits per heavy atom. The summed E-state index contributed by atoms with van der Waals surface area (Å²) in [7, 11) is 0. The molecule has 1 atom stereocenters. The van der Waals surface area contributed by atoms with Crippen molar-refractivity contribution in [2.45, 2.75) is 38.3 Å². The molecule has 94 valence electrons. The van der Waals surface area contributed by atoms with Crippen LogP contribution < -0.4 is 4.90 Å². The Balaban J connectivity index is 2.09. The average molecular weight is 235 g/mol. The molecule has 0 radical (unpaired) electrons. The van der Waals surface area contributed by atoms with Gasteiger partial charge in [-0.2, -0.15) is 0 Å². The normalized spacial score (nSPS) is 16.9. The van der Waals surface area contributed by atoms with Crippen LogP contribution in [0.5, 0.6) is 0 Å². The highest BCUT2D eigenvalue weighted by Gasteiger charge is 2.28. The fourth-order valence-electron chi connectivity index (χ4n) is 2.14. The van der Waals surface area contributed by atoms with Crippen LogP contribution in [0.25, 0.3) is 0 Å². The van der Waals surface area contributed by atoms with Crippen LogP contribution in [0.15, 0.2) is 24.3 Å². The maximum absolute atomic E-state index is 9.73. The molecule has 1 aromatic carbocycles. The second-order valence-electron chi connectivity index (χ2n) is 4.66. The van der Waals surface area contributed by atoms with Crippen LogP contribution in [0, 0.1) is 0 Å². The van der Waals surface area contributed by atoms with Crippen molar-refractivity contribution in [2.24, 2.45) is 0 Å². The van der Waals surface area contributed by atoms with Crippen LogP contribution in [-0.2, 0) is 0 Å². The van der Waals surface area contributed by atoms with Gasteiger partial charge in [-0.3, -0.25) is 0 Å². The standard InChI is InChI=1S/C14H21NO2/c1-2-14(17)11-3-5-12(6-4-11)15(9-10-16)13-7-8-13/h3-6,13-14,16-17H,2,7-10H2,1H3. The van der Waals surface area contributed by atoms with E-state index >= 15 is 0 Å². The molecule has 0 aliphatic heterocycles. The number of rotatable bonds is 6. The van der Waals surface area contributed by atoms with Crippen molar-refractivity contribution in [3.8, 4) is 0 Å². The Morgan fingerprint density at radius 3 is 2.41 bits per heavy atom. The van der Waals surface area contributed by atoms with Crippen LogP contribution >= 0.6 is 0 Å². The molecule has 1 aliphatic rings. The van der Waals surface area contributed by atoms with Crippen LogP contribution in [-0.4, -0.2) is 29.4 Å². The molecule has 0 aromatic heterocycles. The second kappa shape index (κ2) is 5.52. The van der Waals surface area contributed by atoms with E-state index in [1.165, 1.54) is 12.8 Å². The lowest BCUT2D eigenvalue weighted by molar-refractivity contribution is 0.173. The van der Waals surface area contributed by atoms with Gasteiger partial charge in [0.25, 0.3) is 0 Å². The predicted octanol–water partition coefficient (Wildman–Crippen LogP) is 2.09. The molecule has 0 saturated heterocycles. The Bertz CT molecular complexity index is 346. The summed E-state index contributed by atoms with van der Waals surface area (Å²) in [5.41, 5.74) is 2.12. The third kappa shape index (κ3) is 2.99. The monoisotopic (exact) mass is 235 g/mol. The molecular formula is C14H21NO2. The van der Waals surface area contributed by atoms with E-state index in [0.29, 0.717) is 12.6 Å². The molecule has 2 rings (SSSR count). The highest BCUT2D eigenvalue weighted by Crippen LogP contribution is 2.32. The van der Waals surface area contributed by atoms with Gasteiger partial charge in [-0.05, 0) is 37.0 Å². The first-order chi connectivity index (χ1) is 8.26. The first kappa shape index (κ1) is 12.4. The van der Waals surface area contributed by atoms with Crippen molar-refractivity contribution in [3.05, 3.63) is 29.8 Å². The molecule has 2 N–H and O–H groups in total. The van der Waals surface area contributed by atoms with Gasteiger partial charge in [-0.15, -0.1) is 0 Å². The van der Waals surface area contributed by atoms with Gasteiger partial charge in [0, 0.05) is 18.3 Å². The fourth-order valence-corrected chi connectivity index (χ4v) is 2.14. The van der Waals surface area contributed by atoms with Crippen molar-refractivity contribution < 1.29 is 10.2 Å². The molecule has 1 fully saturated rings. The first-order valence-corrected chi connectivity index (χ1v) is 6.41. The Morgan fingerprint density at radius 2 is 1.94 bits per heavy atom. The van der Waals surface area contributed by atoms with Crippen molar-refractivity contribution in [1.82, 2.24) is 0 Å². The van der Waals surface area contributed by atoms with Crippen LogP contribution in [0.1, 0.15) is 37.9 Å². The number of aliphatic hydroxyl groups excluding tert-OH is 2. The predicted molar refractivity (Wildman–Crippen MR) is 69.1 cm³/mol. The summed E-state index contributed by atoms with van der Waals surface area (Å²) in [5, 5.41) is 18.8. The zero-order chi connectivity index (χ0) is 12.3. The summed E-state index contributed by atoms with van der Waals surface area (Å²) in [5.74, 6) is 0. The number of aliphatic hydroxyl groups is 2. The Kier molecular flexibility index (Phi) is 4.02. The molecule has 0 heterocycles. The summed E-state index contributed by atoms with van der Waals surface area (Å²) < 4.78 is 0. The summed E-state index contributed by atoms with van der Waals surface area (Å²) >= 11 is 0. The van der Waals surface area contributed by atoms with E-state index in [-0.39, 0.29) is 12.7 Å². The number of anilines is 1. The highest BCUT2D eigenvalue weighted by atomic mass is 16.3. The molecule has 1 aliphatic carbocycles. The number of hydrogen-bond acceptors (Lipinski definition) is 3. The lowest BCUT2D eigenvalue weighted by Crippen LogP contribution is -2.28. The zero-order valence-electron chi connectivity index (χ0n) is 10.3. The summed E-state index contributed by atoms with van der Waals surface area (Å²) in [6, 6.07) is 8.65. The van der Waals surface area contributed by atoms with Gasteiger partial charge >= 0.3 is 0 Å². The van der Waals surface area contributed by atoms with Crippen molar-refractivity contribution >= 4 is 5.69 Å². The molecule has 1 unspecified atom stereocenters. The summed E-state index contributed by atoms with van der Waals surface area (Å²) in [6.07, 6.45) is 2.82. The van der Waals surface area contributed by atoms with Gasteiger partial charge in [0.1, 0.15) is 0 Å². The smallest absolute Gasteiger partial charge is 0.0787 e. The summed E-state index contributed by atoms with van der Waals surface area (Å²) in [6.45, 7) is 2.86. The van der Waals surface area contributed by atoms with Crippen molar-refractivity contribution in [2.75, 3.05) is 18.1 Å². The maximum Gasteiger partial charge on any atom is 0.0787 e. The lowest BCUT2D eigenvalue weighted by Gasteiger charge is -2.24. The molecule has 1 saturated carbocycles. The second-order valence-corrected chi connectivity index (χ2v) is 4.66. The number of benzene rings is 1. The largest absolute Gasteiger partial charge is 0.395 e. The van der Waals surface area contributed by atoms with E-state index in [2.05, 4.69) is 4.90 Å². The van der Waals surface area contributed by atoms with E-state index in [0.717, 1.165) is 17.7 Å². The van der Waals surface area contributed by atoms with Gasteiger partial charge < -0.3 is 15.1 Å². The highest BCUT2D eigenvalue weighted by molar-refractivity contribution is 5.50. The molecule has 3 nitrogen and oxygen atoms in total. The molecule has 0 spiro atoms. The molecule has 17 heavy (non-hydrogen) atoms. The van der Waals surface area contributed by atoms with Gasteiger partial charge in [0.2, 0.25) is 0 Å². The topological polar surface area (TPSA) is 43.7 Å². The van der Waals surface area contributed by atoms with E-state index in [9.17, 15) is 5.11 Å². The van der Waals surface area contributed by atoms with Gasteiger partial charge in [0.15, 0.2) is 0 Å². The van der Waals surface area contributed by atoms with Crippen molar-refractivity contribution in [1.29, 1.82) is 0 Å². The number of hydrogen-bond donors (Lipinski definition) is 2. The Hall–Kier alpha value is -1.06. The SMILES string of the molecule is CCC(O)c1ccc(N(CCO)C2CC2)cc1. The Labute approximate surface area is 103 Å². The maximum atomic E-state index is 9.73. The lowest BCUT2D eigenvalue weighted by atomic mass is 10.1. The molecule has 0 bridgehead atoms. The molecular weight excluding hydrogens is 214 g/mol. The van der Waals surface area contributed by atoms with E-state index in [1.807, 2.05) is 31.2 Å². The minimum atomic E-state index is -0.365. The molecule has 3 heteroatoms. The van der Waals surface area contributed by atoms with Crippen molar-refractivity contribution in [3.63, 3.8) is 0 Å².